The van der Waals surface area contributed by atoms with Crippen LogP contribution in [0.5, 0.6) is 0 Å². The average molecular weight is 1380 g/mol. The Morgan fingerprint density at radius 2 is 0.566 bits per heavy atom. The summed E-state index contributed by atoms with van der Waals surface area (Å²) in [4.78, 5) is 49.9. The smallest absolute Gasteiger partial charge is 0.293 e. The molecule has 0 saturated carbocycles. The molecule has 0 spiro atoms. The fourth-order valence-corrected chi connectivity index (χ4v) is 9.57. The zero-order chi connectivity index (χ0) is 76.9. The number of hydrogen-bond donors (Lipinski definition) is 0. The molecule has 5 aromatic rings. The van der Waals surface area contributed by atoms with E-state index in [1.165, 1.54) is 44.5 Å². The van der Waals surface area contributed by atoms with Crippen LogP contribution in [-0.2, 0) is 47.7 Å². The molecule has 562 valence electrons. The number of hydrogen-bond acceptors (Lipinski definition) is 10. The molecule has 10 heteroatoms. The van der Waals surface area contributed by atoms with E-state index in [0.717, 1.165) is 54.9 Å². The van der Waals surface area contributed by atoms with Gasteiger partial charge in [-0.05, 0) is 158 Å². The molecule has 0 aliphatic carbocycles. The van der Waals surface area contributed by atoms with Crippen LogP contribution < -0.4 is 0 Å². The van der Waals surface area contributed by atoms with Crippen LogP contribution in [0.1, 0.15) is 292 Å². The van der Waals surface area contributed by atoms with Gasteiger partial charge in [-0.15, -0.1) is 0 Å². The van der Waals surface area contributed by atoms with E-state index in [9.17, 15) is 24.0 Å². The van der Waals surface area contributed by atoms with Gasteiger partial charge in [0.1, 0.15) is 30.5 Å². The standard InChI is InChI=1S/4C12H18.C11H14O2.C9H18O2.C8H16O2.C7H14O2.C6H12O2/c4*1-9(2)11(4)12-7-5-10(3)6-8-12;1-9(2)11(13-8-12)10-6-4-3-5-7-10;1-4-5-6-9(8(2)3)11-7-10;1-6(2)8(7(3)4)10-5-9;1-4-7(6(2)3)9-5-8;1-5(2)6(3)8-4-7/h4*5-9,11H,1-4H3;3-9,11H,1-2H3;7-9H,4-6H2,1-3H3;5-8H,1-4H3;5-7H,4H2,1-3H3;4-6H,1-3H3. The van der Waals surface area contributed by atoms with Gasteiger partial charge in [0.15, 0.2) is 0 Å². The lowest BCUT2D eigenvalue weighted by molar-refractivity contribution is -0.138. The molecule has 0 aliphatic rings. The topological polar surface area (TPSA) is 132 Å². The molecule has 0 fully saturated rings. The first kappa shape index (κ1) is 98.8. The minimum absolute atomic E-state index is 0.0486. The van der Waals surface area contributed by atoms with Crippen LogP contribution in [0.4, 0.5) is 0 Å². The van der Waals surface area contributed by atoms with Gasteiger partial charge in [0, 0.05) is 0 Å². The highest BCUT2D eigenvalue weighted by Gasteiger charge is 2.19. The van der Waals surface area contributed by atoms with Crippen LogP contribution in [0.25, 0.3) is 0 Å². The molecule has 10 nitrogen and oxygen atoms in total. The minimum Gasteiger partial charge on any atom is -0.465 e. The predicted octanol–water partition coefficient (Wildman–Crippen LogP) is 24.6. The lowest BCUT2D eigenvalue weighted by atomic mass is 9.90. The molecular formula is C89H146O10. The summed E-state index contributed by atoms with van der Waals surface area (Å²) in [5.74, 6) is 8.00. The summed E-state index contributed by atoms with van der Waals surface area (Å²) in [7, 11) is 0. The molecule has 8 unspecified atom stereocenters. The van der Waals surface area contributed by atoms with Crippen molar-refractivity contribution in [1.82, 2.24) is 0 Å². The molecule has 99 heavy (non-hydrogen) atoms. The summed E-state index contributed by atoms with van der Waals surface area (Å²) in [6.07, 6.45) is 4.39. The number of carbonyl (C=O) groups excluding carboxylic acids is 5. The quantitative estimate of drug-likeness (QED) is 0.0337. The summed E-state index contributed by atoms with van der Waals surface area (Å²) in [5, 5.41) is 0. The van der Waals surface area contributed by atoms with Gasteiger partial charge in [-0.2, -0.15) is 0 Å². The number of unbranched alkanes of at least 4 members (excludes halogenated alkanes) is 1. The molecule has 0 N–H and O–H groups in total. The second-order valence-corrected chi connectivity index (χ2v) is 30.0. The molecule has 0 amide bonds. The van der Waals surface area contributed by atoms with Crippen molar-refractivity contribution in [2.75, 3.05) is 0 Å². The summed E-state index contributed by atoms with van der Waals surface area (Å²) >= 11 is 0. The van der Waals surface area contributed by atoms with E-state index in [0.29, 0.717) is 91.5 Å². The second kappa shape index (κ2) is 59.2. The van der Waals surface area contributed by atoms with Crippen LogP contribution in [0.2, 0.25) is 0 Å². The van der Waals surface area contributed by atoms with Crippen LogP contribution in [0.15, 0.2) is 127 Å². The molecule has 5 rings (SSSR count). The third-order valence-electron chi connectivity index (χ3n) is 18.3. The predicted molar refractivity (Wildman–Crippen MR) is 422 cm³/mol. The summed E-state index contributed by atoms with van der Waals surface area (Å²) in [6, 6.07) is 45.2. The Labute approximate surface area is 608 Å². The average Bonchev–Trinajstić information content (AvgIpc) is 0.973. The summed E-state index contributed by atoms with van der Waals surface area (Å²) in [6.45, 7) is 68.9. The number of rotatable bonds is 29. The normalized spacial score (nSPS) is 13.0. The maximum Gasteiger partial charge on any atom is 0.293 e. The van der Waals surface area contributed by atoms with E-state index in [4.69, 9.17) is 18.9 Å². The van der Waals surface area contributed by atoms with Crippen molar-refractivity contribution in [3.8, 4) is 0 Å². The maximum absolute atomic E-state index is 10.3. The highest BCUT2D eigenvalue weighted by Crippen LogP contribution is 2.28. The highest BCUT2D eigenvalue weighted by molar-refractivity contribution is 5.39. The lowest BCUT2D eigenvalue weighted by Gasteiger charge is -2.22. The number of carbonyl (C=O) groups is 5. The largest absolute Gasteiger partial charge is 0.465 e. The zero-order valence-electron chi connectivity index (χ0n) is 68.4. The Morgan fingerprint density at radius 3 is 0.747 bits per heavy atom. The summed E-state index contributed by atoms with van der Waals surface area (Å²) in [5.41, 5.74) is 12.2. The Hall–Kier alpha value is -6.55. The highest BCUT2D eigenvalue weighted by atomic mass is 16.5. The van der Waals surface area contributed by atoms with Crippen LogP contribution in [-0.4, -0.2) is 56.8 Å². The van der Waals surface area contributed by atoms with Crippen LogP contribution in [0, 0.1) is 86.9 Å². The molecule has 0 aliphatic heterocycles. The van der Waals surface area contributed by atoms with Crippen molar-refractivity contribution in [1.29, 1.82) is 0 Å². The van der Waals surface area contributed by atoms with Gasteiger partial charge < -0.3 is 23.7 Å². The van der Waals surface area contributed by atoms with Gasteiger partial charge in [-0.25, -0.2) is 0 Å². The molecular weight excluding hydrogens is 1230 g/mol. The van der Waals surface area contributed by atoms with Crippen molar-refractivity contribution in [2.45, 2.75) is 295 Å². The molecule has 0 bridgehead atoms. The molecule has 5 aromatic carbocycles. The van der Waals surface area contributed by atoms with Crippen molar-refractivity contribution < 1.29 is 47.7 Å². The van der Waals surface area contributed by atoms with Crippen LogP contribution >= 0.6 is 0 Å². The fourth-order valence-electron chi connectivity index (χ4n) is 9.57. The third kappa shape index (κ3) is 48.8. The zero-order valence-corrected chi connectivity index (χ0v) is 68.4. The van der Waals surface area contributed by atoms with Crippen molar-refractivity contribution in [3.63, 3.8) is 0 Å². The summed E-state index contributed by atoms with van der Waals surface area (Å²) < 4.78 is 24.2. The first-order valence-corrected chi connectivity index (χ1v) is 37.2. The number of aryl methyl sites for hydroxylation is 4. The maximum atomic E-state index is 10.3. The van der Waals surface area contributed by atoms with E-state index in [1.807, 2.05) is 113 Å². The number of benzene rings is 5. The first-order chi connectivity index (χ1) is 46.4. The van der Waals surface area contributed by atoms with Gasteiger partial charge in [-0.3, -0.25) is 24.0 Å². The minimum atomic E-state index is -0.126. The van der Waals surface area contributed by atoms with Gasteiger partial charge in [0.2, 0.25) is 0 Å². The van der Waals surface area contributed by atoms with Gasteiger partial charge in [0.25, 0.3) is 32.4 Å². The first-order valence-electron chi connectivity index (χ1n) is 37.2. The van der Waals surface area contributed by atoms with Crippen molar-refractivity contribution in [3.05, 3.63) is 177 Å². The Morgan fingerprint density at radius 1 is 0.283 bits per heavy atom. The number of ether oxygens (including phenoxy) is 5. The van der Waals surface area contributed by atoms with E-state index in [2.05, 4.69) is 233 Å². The lowest BCUT2D eigenvalue weighted by Crippen LogP contribution is -2.25. The van der Waals surface area contributed by atoms with Gasteiger partial charge >= 0.3 is 0 Å². The SMILES string of the molecule is CC(C)C(C)OC=O.CC(C)C(OC=O)C(C)C.CC(C)C(OC=O)c1ccccc1.CCC(OC=O)C(C)C.CCCCC(OC=O)C(C)C.Cc1ccc(C(C)C(C)C)cc1.Cc1ccc(C(C)C(C)C)cc1.Cc1ccc(C(C)C(C)C)cc1.Cc1ccc(C(C)C(C)C)cc1. The van der Waals surface area contributed by atoms with E-state index >= 15 is 0 Å². The van der Waals surface area contributed by atoms with Gasteiger partial charge in [0.05, 0.1) is 0 Å². The van der Waals surface area contributed by atoms with E-state index < -0.39 is 0 Å². The second-order valence-electron chi connectivity index (χ2n) is 30.0. The Bertz CT molecular complexity index is 2440. The van der Waals surface area contributed by atoms with Crippen molar-refractivity contribution >= 4 is 32.4 Å². The molecule has 0 saturated heterocycles. The molecule has 8 atom stereocenters. The molecule has 0 heterocycles. The van der Waals surface area contributed by atoms with Crippen molar-refractivity contribution in [2.24, 2.45) is 59.2 Å². The molecule has 0 radical (unpaired) electrons. The monoisotopic (exact) mass is 1380 g/mol. The fraction of sp³-hybridized carbons (Fsp3) is 0.607. The Kier molecular flexibility index (Phi) is 59.1. The molecule has 0 aromatic heterocycles. The van der Waals surface area contributed by atoms with E-state index in [1.54, 1.807) is 0 Å². The van der Waals surface area contributed by atoms with Gasteiger partial charge in [-0.1, -0.05) is 343 Å². The van der Waals surface area contributed by atoms with E-state index in [-0.39, 0.29) is 30.5 Å². The third-order valence-corrected chi connectivity index (χ3v) is 18.3. The van der Waals surface area contributed by atoms with Crippen LogP contribution in [0.3, 0.4) is 0 Å². The Balaban J connectivity index is -0.000000515.